The second-order valence-corrected chi connectivity index (χ2v) is 5.82. The number of carbonyl (C=O) groups excluding carboxylic acids is 2. The minimum absolute atomic E-state index is 0.108. The predicted molar refractivity (Wildman–Crippen MR) is 74.9 cm³/mol. The van der Waals surface area contributed by atoms with Gasteiger partial charge in [0, 0.05) is 6.42 Å². The zero-order chi connectivity index (χ0) is 14.6. The van der Waals surface area contributed by atoms with Gasteiger partial charge in [0.05, 0.1) is 0 Å². The minimum Gasteiger partial charge on any atom is -0.459 e. The standard InChI is InChI=1S/C16H22O3/c1-11-8-6-7-9-13(11)10-14(17)12(2)15(18)19-16(3,4)5/h6-9,12H,10H2,1-5H3. The van der Waals surface area contributed by atoms with Crippen molar-refractivity contribution in [1.82, 2.24) is 0 Å². The lowest BCUT2D eigenvalue weighted by atomic mass is 9.96. The van der Waals surface area contributed by atoms with Gasteiger partial charge in [-0.05, 0) is 45.7 Å². The first-order valence-corrected chi connectivity index (χ1v) is 6.51. The molecule has 0 spiro atoms. The molecule has 0 amide bonds. The number of hydrogen-bond acceptors (Lipinski definition) is 3. The van der Waals surface area contributed by atoms with Crippen LogP contribution in [0.1, 0.15) is 38.8 Å². The van der Waals surface area contributed by atoms with Crippen molar-refractivity contribution in [2.24, 2.45) is 5.92 Å². The lowest BCUT2D eigenvalue weighted by molar-refractivity contribution is -0.161. The molecular weight excluding hydrogens is 240 g/mol. The van der Waals surface area contributed by atoms with Gasteiger partial charge in [-0.2, -0.15) is 0 Å². The van der Waals surface area contributed by atoms with Crippen molar-refractivity contribution in [3.8, 4) is 0 Å². The molecule has 0 N–H and O–H groups in total. The summed E-state index contributed by atoms with van der Waals surface area (Å²) in [4.78, 5) is 23.9. The first-order chi connectivity index (χ1) is 8.70. The normalized spacial score (nSPS) is 12.9. The fourth-order valence-corrected chi connectivity index (χ4v) is 1.67. The molecule has 0 saturated carbocycles. The Bertz CT molecular complexity index is 469. The summed E-state index contributed by atoms with van der Waals surface area (Å²) in [7, 11) is 0. The molecule has 1 rings (SSSR count). The van der Waals surface area contributed by atoms with Crippen LogP contribution in [-0.4, -0.2) is 17.4 Å². The average molecular weight is 262 g/mol. The van der Waals surface area contributed by atoms with E-state index in [1.807, 2.05) is 31.2 Å². The van der Waals surface area contributed by atoms with Gasteiger partial charge in [-0.1, -0.05) is 24.3 Å². The summed E-state index contributed by atoms with van der Waals surface area (Å²) in [6, 6.07) is 7.70. The molecule has 0 aromatic heterocycles. The smallest absolute Gasteiger partial charge is 0.316 e. The molecule has 0 aliphatic rings. The summed E-state index contributed by atoms with van der Waals surface area (Å²) in [6.07, 6.45) is 0.271. The van der Waals surface area contributed by atoms with Crippen LogP contribution in [-0.2, 0) is 20.7 Å². The van der Waals surface area contributed by atoms with E-state index in [1.54, 1.807) is 27.7 Å². The zero-order valence-corrected chi connectivity index (χ0v) is 12.3. The van der Waals surface area contributed by atoms with Gasteiger partial charge in [0.1, 0.15) is 11.5 Å². The van der Waals surface area contributed by atoms with Crippen LogP contribution >= 0.6 is 0 Å². The molecule has 3 nitrogen and oxygen atoms in total. The van der Waals surface area contributed by atoms with Crippen molar-refractivity contribution < 1.29 is 14.3 Å². The molecule has 0 fully saturated rings. The van der Waals surface area contributed by atoms with Crippen LogP contribution in [0.25, 0.3) is 0 Å². The van der Waals surface area contributed by atoms with Crippen LogP contribution in [0.4, 0.5) is 0 Å². The van der Waals surface area contributed by atoms with Crippen molar-refractivity contribution in [3.05, 3.63) is 35.4 Å². The van der Waals surface area contributed by atoms with Gasteiger partial charge >= 0.3 is 5.97 Å². The SMILES string of the molecule is Cc1ccccc1CC(=O)C(C)C(=O)OC(C)(C)C. The van der Waals surface area contributed by atoms with Crippen molar-refractivity contribution in [3.63, 3.8) is 0 Å². The molecule has 0 bridgehead atoms. The molecule has 3 heteroatoms. The summed E-state index contributed by atoms with van der Waals surface area (Å²) in [5.41, 5.74) is 1.46. The van der Waals surface area contributed by atoms with E-state index in [9.17, 15) is 9.59 Å². The van der Waals surface area contributed by atoms with E-state index in [1.165, 1.54) is 0 Å². The summed E-state index contributed by atoms with van der Waals surface area (Å²) in [5, 5.41) is 0. The molecule has 0 aliphatic heterocycles. The van der Waals surface area contributed by atoms with Gasteiger partial charge in [0.15, 0.2) is 5.78 Å². The molecule has 0 saturated heterocycles. The van der Waals surface area contributed by atoms with E-state index in [2.05, 4.69) is 0 Å². The molecular formula is C16H22O3. The number of benzene rings is 1. The third kappa shape index (κ3) is 4.86. The zero-order valence-electron chi connectivity index (χ0n) is 12.3. The Morgan fingerprint density at radius 1 is 1.21 bits per heavy atom. The summed E-state index contributed by atoms with van der Waals surface area (Å²) >= 11 is 0. The number of rotatable bonds is 4. The fraction of sp³-hybridized carbons (Fsp3) is 0.500. The number of carbonyl (C=O) groups is 2. The Hall–Kier alpha value is -1.64. The highest BCUT2D eigenvalue weighted by molar-refractivity contribution is 5.99. The average Bonchev–Trinajstić information content (AvgIpc) is 2.28. The summed E-state index contributed by atoms with van der Waals surface area (Å²) in [6.45, 7) is 8.95. The predicted octanol–water partition coefficient (Wildman–Crippen LogP) is 3.08. The quantitative estimate of drug-likeness (QED) is 0.618. The molecule has 1 aromatic rings. The highest BCUT2D eigenvalue weighted by Crippen LogP contribution is 2.15. The second kappa shape index (κ2) is 6.00. The Morgan fingerprint density at radius 3 is 2.32 bits per heavy atom. The summed E-state index contributed by atoms with van der Waals surface area (Å²) in [5.74, 6) is -1.28. The van der Waals surface area contributed by atoms with Crippen LogP contribution in [0.2, 0.25) is 0 Å². The van der Waals surface area contributed by atoms with Crippen molar-refractivity contribution in [2.45, 2.75) is 46.6 Å². The first-order valence-electron chi connectivity index (χ1n) is 6.51. The highest BCUT2D eigenvalue weighted by Gasteiger charge is 2.27. The van der Waals surface area contributed by atoms with Crippen LogP contribution in [0.3, 0.4) is 0 Å². The third-order valence-electron chi connectivity index (χ3n) is 2.87. The fourth-order valence-electron chi connectivity index (χ4n) is 1.67. The van der Waals surface area contributed by atoms with Crippen LogP contribution < -0.4 is 0 Å². The van der Waals surface area contributed by atoms with Crippen molar-refractivity contribution in [2.75, 3.05) is 0 Å². The Labute approximate surface area is 115 Å². The topological polar surface area (TPSA) is 43.4 Å². The van der Waals surface area contributed by atoms with E-state index in [0.29, 0.717) is 0 Å². The first kappa shape index (κ1) is 15.4. The van der Waals surface area contributed by atoms with Crippen molar-refractivity contribution in [1.29, 1.82) is 0 Å². The maximum absolute atomic E-state index is 12.1. The maximum Gasteiger partial charge on any atom is 0.316 e. The Kier molecular flexibility index (Phi) is 4.87. The summed E-state index contributed by atoms with van der Waals surface area (Å²) < 4.78 is 5.23. The van der Waals surface area contributed by atoms with Gasteiger partial charge in [0.2, 0.25) is 0 Å². The molecule has 19 heavy (non-hydrogen) atoms. The molecule has 0 aliphatic carbocycles. The molecule has 1 aromatic carbocycles. The van der Waals surface area contributed by atoms with Crippen LogP contribution in [0, 0.1) is 12.8 Å². The maximum atomic E-state index is 12.1. The monoisotopic (exact) mass is 262 g/mol. The van der Waals surface area contributed by atoms with Crippen LogP contribution in [0.15, 0.2) is 24.3 Å². The lowest BCUT2D eigenvalue weighted by Crippen LogP contribution is -2.31. The number of aryl methyl sites for hydroxylation is 1. The number of hydrogen-bond donors (Lipinski definition) is 0. The van der Waals surface area contributed by atoms with Gasteiger partial charge < -0.3 is 4.74 Å². The Morgan fingerprint density at radius 2 is 1.79 bits per heavy atom. The highest BCUT2D eigenvalue weighted by atomic mass is 16.6. The number of esters is 1. The van der Waals surface area contributed by atoms with Gasteiger partial charge in [-0.3, -0.25) is 9.59 Å². The van der Waals surface area contributed by atoms with E-state index >= 15 is 0 Å². The van der Waals surface area contributed by atoms with E-state index in [4.69, 9.17) is 4.74 Å². The largest absolute Gasteiger partial charge is 0.459 e. The third-order valence-corrected chi connectivity index (χ3v) is 2.87. The Balaban J connectivity index is 2.68. The van der Waals surface area contributed by atoms with E-state index in [0.717, 1.165) is 11.1 Å². The second-order valence-electron chi connectivity index (χ2n) is 5.82. The van der Waals surface area contributed by atoms with Gasteiger partial charge in [0.25, 0.3) is 0 Å². The van der Waals surface area contributed by atoms with Gasteiger partial charge in [-0.25, -0.2) is 0 Å². The van der Waals surface area contributed by atoms with Crippen molar-refractivity contribution >= 4 is 11.8 Å². The molecule has 1 unspecified atom stereocenters. The minimum atomic E-state index is -0.723. The molecule has 0 heterocycles. The van der Waals surface area contributed by atoms with E-state index < -0.39 is 17.5 Å². The van der Waals surface area contributed by atoms with E-state index in [-0.39, 0.29) is 12.2 Å². The molecule has 0 radical (unpaired) electrons. The lowest BCUT2D eigenvalue weighted by Gasteiger charge is -2.21. The van der Waals surface area contributed by atoms with Crippen LogP contribution in [0.5, 0.6) is 0 Å². The molecule has 104 valence electrons. The number of ketones is 1. The number of ether oxygens (including phenoxy) is 1. The number of Topliss-reactive ketones (excluding diaryl/α,β-unsaturated/α-hetero) is 1. The van der Waals surface area contributed by atoms with Gasteiger partial charge in [-0.15, -0.1) is 0 Å². The molecule has 1 atom stereocenters.